The summed E-state index contributed by atoms with van der Waals surface area (Å²) in [6, 6.07) is 19.7. The predicted octanol–water partition coefficient (Wildman–Crippen LogP) is 8.58. The first kappa shape index (κ1) is 31.8. The quantitative estimate of drug-likeness (QED) is 0.199. The molecule has 0 spiro atoms. The molecule has 2 heterocycles. The van der Waals surface area contributed by atoms with Crippen LogP contribution in [0.25, 0.3) is 33.6 Å². The fraction of sp³-hybridized carbons (Fsp3) is 0.353. The van der Waals surface area contributed by atoms with Crippen molar-refractivity contribution in [1.82, 2.24) is 20.6 Å². The van der Waals surface area contributed by atoms with E-state index < -0.39 is 0 Å². The van der Waals surface area contributed by atoms with Crippen molar-refractivity contribution in [3.8, 4) is 45.4 Å². The van der Waals surface area contributed by atoms with Gasteiger partial charge in [0.2, 0.25) is 11.8 Å². The Morgan fingerprint density at radius 2 is 0.929 bits per heavy atom. The Morgan fingerprint density at radius 1 is 0.571 bits per heavy atom. The van der Waals surface area contributed by atoms with Crippen LogP contribution in [0.3, 0.4) is 0 Å². The maximum absolute atomic E-state index is 7.05. The lowest BCUT2D eigenvalue weighted by Crippen LogP contribution is -2.35. The Bertz CT molecular complexity index is 1440. The SMILES string of the molecule is COc1nc(-c2cccc(-c3cccc(-c4ccc(CNC(C)(C)C)c(OC)n4)c3Cl)c2Cl)ccc1CNC(C)(C)C. The van der Waals surface area contributed by atoms with E-state index in [1.54, 1.807) is 14.2 Å². The average molecular weight is 608 g/mol. The molecule has 0 aliphatic carbocycles. The summed E-state index contributed by atoms with van der Waals surface area (Å²) in [4.78, 5) is 9.59. The van der Waals surface area contributed by atoms with Gasteiger partial charge in [-0.05, 0) is 53.7 Å². The van der Waals surface area contributed by atoms with Crippen LogP contribution in [0.2, 0.25) is 10.0 Å². The van der Waals surface area contributed by atoms with E-state index in [2.05, 4.69) is 52.2 Å². The molecule has 2 aromatic heterocycles. The second-order valence-corrected chi connectivity index (χ2v) is 13.0. The summed E-state index contributed by atoms with van der Waals surface area (Å²) in [6.07, 6.45) is 0. The van der Waals surface area contributed by atoms with Crippen molar-refractivity contribution in [1.29, 1.82) is 0 Å². The minimum atomic E-state index is -0.0265. The average Bonchev–Trinajstić information content (AvgIpc) is 2.94. The monoisotopic (exact) mass is 606 g/mol. The molecular weight excluding hydrogens is 567 g/mol. The first-order valence-corrected chi connectivity index (χ1v) is 14.7. The molecule has 0 saturated carbocycles. The number of hydrogen-bond acceptors (Lipinski definition) is 6. The summed E-state index contributed by atoms with van der Waals surface area (Å²) in [6.45, 7) is 14.0. The molecule has 0 unspecified atom stereocenters. The second-order valence-electron chi connectivity index (χ2n) is 12.3. The van der Waals surface area contributed by atoms with Gasteiger partial charge in [0.25, 0.3) is 0 Å². The van der Waals surface area contributed by atoms with E-state index >= 15 is 0 Å². The third-order valence-corrected chi connectivity index (χ3v) is 7.54. The lowest BCUT2D eigenvalue weighted by atomic mass is 9.98. The van der Waals surface area contributed by atoms with Crippen LogP contribution in [0.1, 0.15) is 52.7 Å². The minimum absolute atomic E-state index is 0.0265. The molecule has 0 aliphatic heterocycles. The predicted molar refractivity (Wildman–Crippen MR) is 175 cm³/mol. The Balaban J connectivity index is 1.70. The van der Waals surface area contributed by atoms with Gasteiger partial charge in [-0.25, -0.2) is 9.97 Å². The molecule has 0 bridgehead atoms. The number of halogens is 2. The number of benzene rings is 2. The second kappa shape index (κ2) is 13.0. The molecular formula is C34H40Cl2N4O2. The van der Waals surface area contributed by atoms with Crippen LogP contribution < -0.4 is 20.1 Å². The third kappa shape index (κ3) is 7.61. The molecule has 2 aromatic carbocycles. The first-order chi connectivity index (χ1) is 19.8. The first-order valence-electron chi connectivity index (χ1n) is 14.0. The van der Waals surface area contributed by atoms with E-state index in [9.17, 15) is 0 Å². The largest absolute Gasteiger partial charge is 0.481 e. The topological polar surface area (TPSA) is 68.3 Å². The van der Waals surface area contributed by atoms with Crippen LogP contribution >= 0.6 is 23.2 Å². The number of nitrogens with one attached hydrogen (secondary N) is 2. The third-order valence-electron chi connectivity index (χ3n) is 6.72. The molecule has 0 atom stereocenters. The molecule has 0 amide bonds. The smallest absolute Gasteiger partial charge is 0.218 e. The van der Waals surface area contributed by atoms with E-state index in [-0.39, 0.29) is 11.1 Å². The Kier molecular flexibility index (Phi) is 9.84. The van der Waals surface area contributed by atoms with E-state index in [0.717, 1.165) is 44.8 Å². The Morgan fingerprint density at radius 3 is 1.26 bits per heavy atom. The summed E-state index contributed by atoms with van der Waals surface area (Å²) >= 11 is 14.1. The molecule has 0 aliphatic rings. The zero-order valence-electron chi connectivity index (χ0n) is 25.7. The van der Waals surface area contributed by atoms with Gasteiger partial charge in [-0.3, -0.25) is 0 Å². The molecule has 8 heteroatoms. The lowest BCUT2D eigenvalue weighted by molar-refractivity contribution is 0.379. The van der Waals surface area contributed by atoms with Gasteiger partial charge in [0.05, 0.1) is 35.7 Å². The van der Waals surface area contributed by atoms with Crippen molar-refractivity contribution in [2.75, 3.05) is 14.2 Å². The van der Waals surface area contributed by atoms with Gasteiger partial charge in [-0.2, -0.15) is 0 Å². The number of pyridine rings is 2. The van der Waals surface area contributed by atoms with Crippen LogP contribution in [0.4, 0.5) is 0 Å². The molecule has 0 fully saturated rings. The minimum Gasteiger partial charge on any atom is -0.481 e. The summed E-state index contributed by atoms with van der Waals surface area (Å²) in [5.41, 5.74) is 6.52. The number of aromatic nitrogens is 2. The number of rotatable bonds is 9. The number of methoxy groups -OCH3 is 2. The van der Waals surface area contributed by atoms with E-state index in [4.69, 9.17) is 42.6 Å². The van der Waals surface area contributed by atoms with E-state index in [1.165, 1.54) is 0 Å². The summed E-state index contributed by atoms with van der Waals surface area (Å²) in [5.74, 6) is 1.12. The number of hydrogen-bond donors (Lipinski definition) is 2. The van der Waals surface area contributed by atoms with Crippen molar-refractivity contribution >= 4 is 23.2 Å². The van der Waals surface area contributed by atoms with Gasteiger partial charge in [0, 0.05) is 57.5 Å². The molecule has 6 nitrogen and oxygen atoms in total. The van der Waals surface area contributed by atoms with Gasteiger partial charge < -0.3 is 20.1 Å². The van der Waals surface area contributed by atoms with Crippen LogP contribution in [0.15, 0.2) is 60.7 Å². The summed E-state index contributed by atoms with van der Waals surface area (Å²) in [7, 11) is 3.26. The standard InChI is InChI=1S/C34H40Cl2N4O2/c1-33(2,3)37-19-21-15-17-27(39-31(21)41-7)25-13-9-11-23(29(25)35)24-12-10-14-26(30(24)36)28-18-16-22(32(40-28)42-8)20-38-34(4,5)6/h9-18,37-38H,19-20H2,1-8H3. The van der Waals surface area contributed by atoms with Crippen LogP contribution in [0.5, 0.6) is 11.8 Å². The Labute approximate surface area is 259 Å². The Hall–Kier alpha value is -3.16. The highest BCUT2D eigenvalue weighted by Gasteiger charge is 2.19. The summed E-state index contributed by atoms with van der Waals surface area (Å²) < 4.78 is 11.3. The van der Waals surface area contributed by atoms with Gasteiger partial charge in [-0.1, -0.05) is 71.7 Å². The highest BCUT2D eigenvalue weighted by atomic mass is 35.5. The number of ether oxygens (including phenoxy) is 2. The maximum atomic E-state index is 7.05. The maximum Gasteiger partial charge on any atom is 0.218 e. The highest BCUT2D eigenvalue weighted by Crippen LogP contribution is 2.42. The van der Waals surface area contributed by atoms with E-state index in [0.29, 0.717) is 34.9 Å². The molecule has 2 N–H and O–H groups in total. The zero-order valence-corrected chi connectivity index (χ0v) is 27.2. The van der Waals surface area contributed by atoms with Gasteiger partial charge in [0.1, 0.15) is 0 Å². The normalized spacial score (nSPS) is 12.0. The van der Waals surface area contributed by atoms with Crippen LogP contribution in [-0.2, 0) is 13.1 Å². The van der Waals surface area contributed by atoms with Gasteiger partial charge in [0.15, 0.2) is 0 Å². The molecule has 0 saturated heterocycles. The van der Waals surface area contributed by atoms with Gasteiger partial charge in [-0.15, -0.1) is 0 Å². The van der Waals surface area contributed by atoms with E-state index in [1.807, 2.05) is 60.7 Å². The van der Waals surface area contributed by atoms with Gasteiger partial charge >= 0.3 is 0 Å². The molecule has 4 aromatic rings. The molecule has 0 radical (unpaired) electrons. The van der Waals surface area contributed by atoms with Crippen molar-refractivity contribution in [3.05, 3.63) is 81.8 Å². The van der Waals surface area contributed by atoms with Crippen molar-refractivity contribution in [3.63, 3.8) is 0 Å². The lowest BCUT2D eigenvalue weighted by Gasteiger charge is -2.21. The van der Waals surface area contributed by atoms with Crippen molar-refractivity contribution in [2.24, 2.45) is 0 Å². The number of nitrogens with zero attached hydrogens (tertiary/aromatic N) is 2. The fourth-order valence-corrected chi connectivity index (χ4v) is 5.11. The molecule has 42 heavy (non-hydrogen) atoms. The van der Waals surface area contributed by atoms with Crippen molar-refractivity contribution in [2.45, 2.75) is 65.7 Å². The van der Waals surface area contributed by atoms with Crippen molar-refractivity contribution < 1.29 is 9.47 Å². The van der Waals surface area contributed by atoms with Crippen LogP contribution in [-0.4, -0.2) is 35.3 Å². The van der Waals surface area contributed by atoms with Crippen LogP contribution in [0, 0.1) is 0 Å². The summed E-state index contributed by atoms with van der Waals surface area (Å²) in [5, 5.41) is 8.08. The molecule has 4 rings (SSSR count). The fourth-order valence-electron chi connectivity index (χ4n) is 4.46. The molecule has 222 valence electrons. The zero-order chi connectivity index (χ0) is 30.7. The highest BCUT2D eigenvalue weighted by molar-refractivity contribution is 6.39.